The zero-order valence-corrected chi connectivity index (χ0v) is 13.7. The molecule has 3 aliphatic rings. The van der Waals surface area contributed by atoms with Crippen LogP contribution in [0, 0.1) is 19.8 Å². The van der Waals surface area contributed by atoms with Gasteiger partial charge in [0, 0.05) is 23.8 Å². The smallest absolute Gasteiger partial charge is 0.273 e. The van der Waals surface area contributed by atoms with E-state index in [1.165, 1.54) is 6.33 Å². The van der Waals surface area contributed by atoms with Gasteiger partial charge in [0.15, 0.2) is 11.8 Å². The van der Waals surface area contributed by atoms with Crippen molar-refractivity contribution >= 4 is 17.5 Å². The van der Waals surface area contributed by atoms with E-state index in [9.17, 15) is 9.59 Å². The van der Waals surface area contributed by atoms with Crippen molar-refractivity contribution in [2.75, 3.05) is 13.1 Å². The van der Waals surface area contributed by atoms with Crippen LogP contribution in [-0.2, 0) is 9.63 Å². The number of hydrogen-bond acceptors (Lipinski definition) is 6. The summed E-state index contributed by atoms with van der Waals surface area (Å²) >= 11 is 0. The van der Waals surface area contributed by atoms with Crippen LogP contribution in [0.4, 0.5) is 0 Å². The van der Waals surface area contributed by atoms with Gasteiger partial charge in [-0.25, -0.2) is 9.97 Å². The van der Waals surface area contributed by atoms with Gasteiger partial charge < -0.3 is 15.1 Å². The van der Waals surface area contributed by atoms with Gasteiger partial charge in [-0.1, -0.05) is 5.16 Å². The predicted octanol–water partition coefficient (Wildman–Crippen LogP) is 0.199. The van der Waals surface area contributed by atoms with E-state index < -0.39 is 0 Å². The molecule has 0 radical (unpaired) electrons. The van der Waals surface area contributed by atoms with Crippen LogP contribution >= 0.6 is 0 Å². The molecule has 24 heavy (non-hydrogen) atoms. The van der Waals surface area contributed by atoms with Crippen LogP contribution in [0.1, 0.15) is 34.6 Å². The SMILES string of the molecule is Cc1ncnc(C(=O)N2C[C@@H]3C(C(=O)NC4CC4)=NO[C@@H]3C2)c1C. The zero-order valence-electron chi connectivity index (χ0n) is 13.7. The van der Waals surface area contributed by atoms with E-state index in [-0.39, 0.29) is 29.9 Å². The van der Waals surface area contributed by atoms with Gasteiger partial charge in [-0.05, 0) is 26.7 Å². The fourth-order valence-corrected chi connectivity index (χ4v) is 3.10. The molecule has 2 fully saturated rings. The summed E-state index contributed by atoms with van der Waals surface area (Å²) < 4.78 is 0. The van der Waals surface area contributed by atoms with Crippen LogP contribution < -0.4 is 5.32 Å². The second-order valence-electron chi connectivity index (χ2n) is 6.62. The molecule has 0 unspecified atom stereocenters. The van der Waals surface area contributed by atoms with Crippen molar-refractivity contribution in [2.24, 2.45) is 11.1 Å². The highest BCUT2D eigenvalue weighted by Crippen LogP contribution is 2.29. The number of fused-ring (bicyclic) bond motifs is 1. The molecule has 1 N–H and O–H groups in total. The van der Waals surface area contributed by atoms with Gasteiger partial charge in [0.05, 0.1) is 12.5 Å². The number of aryl methyl sites for hydroxylation is 1. The molecule has 126 valence electrons. The molecule has 1 aromatic rings. The van der Waals surface area contributed by atoms with Crippen molar-refractivity contribution < 1.29 is 14.4 Å². The Morgan fingerprint density at radius 3 is 2.79 bits per heavy atom. The minimum atomic E-state index is -0.253. The Labute approximate surface area is 139 Å². The van der Waals surface area contributed by atoms with Gasteiger partial charge in [0.25, 0.3) is 11.8 Å². The number of carbonyl (C=O) groups is 2. The number of carbonyl (C=O) groups excluding carboxylic acids is 2. The van der Waals surface area contributed by atoms with Gasteiger partial charge in [-0.2, -0.15) is 0 Å². The van der Waals surface area contributed by atoms with Crippen LogP contribution in [0.5, 0.6) is 0 Å². The Morgan fingerprint density at radius 1 is 1.25 bits per heavy atom. The lowest BCUT2D eigenvalue weighted by atomic mass is 10.0. The number of oxime groups is 1. The van der Waals surface area contributed by atoms with Gasteiger partial charge in [-0.15, -0.1) is 0 Å². The van der Waals surface area contributed by atoms with E-state index in [4.69, 9.17) is 4.84 Å². The lowest BCUT2D eigenvalue weighted by Gasteiger charge is -2.17. The molecular formula is C16H19N5O3. The third-order valence-corrected chi connectivity index (χ3v) is 4.87. The van der Waals surface area contributed by atoms with E-state index >= 15 is 0 Å². The molecule has 0 bridgehead atoms. The van der Waals surface area contributed by atoms with Gasteiger partial charge in [-0.3, -0.25) is 9.59 Å². The molecule has 2 aliphatic heterocycles. The fourth-order valence-electron chi connectivity index (χ4n) is 3.10. The normalized spacial score (nSPS) is 25.1. The highest BCUT2D eigenvalue weighted by Gasteiger charge is 2.47. The molecule has 1 saturated carbocycles. The number of hydrogen-bond donors (Lipinski definition) is 1. The topological polar surface area (TPSA) is 96.8 Å². The number of amides is 2. The van der Waals surface area contributed by atoms with Gasteiger partial charge >= 0.3 is 0 Å². The Morgan fingerprint density at radius 2 is 2.04 bits per heavy atom. The molecule has 2 atom stereocenters. The highest BCUT2D eigenvalue weighted by atomic mass is 16.6. The number of rotatable bonds is 3. The average Bonchev–Trinajstić information content (AvgIpc) is 3.12. The van der Waals surface area contributed by atoms with Crippen molar-refractivity contribution in [2.45, 2.75) is 38.8 Å². The molecule has 2 amide bonds. The quantitative estimate of drug-likeness (QED) is 0.854. The van der Waals surface area contributed by atoms with E-state index in [0.29, 0.717) is 24.5 Å². The summed E-state index contributed by atoms with van der Waals surface area (Å²) in [5, 5.41) is 6.87. The molecular weight excluding hydrogens is 310 g/mol. The first kappa shape index (κ1) is 15.0. The third-order valence-electron chi connectivity index (χ3n) is 4.87. The summed E-state index contributed by atoms with van der Waals surface area (Å²) in [5.74, 6) is -0.498. The van der Waals surface area contributed by atoms with Crippen molar-refractivity contribution in [3.63, 3.8) is 0 Å². The molecule has 8 heteroatoms. The summed E-state index contributed by atoms with van der Waals surface area (Å²) in [6.45, 7) is 4.52. The Hall–Kier alpha value is -2.51. The molecule has 1 aromatic heterocycles. The summed E-state index contributed by atoms with van der Waals surface area (Å²) in [6, 6.07) is 0.269. The molecule has 3 heterocycles. The van der Waals surface area contributed by atoms with Gasteiger partial charge in [0.2, 0.25) is 0 Å². The van der Waals surface area contributed by atoms with Crippen LogP contribution in [0.15, 0.2) is 11.5 Å². The maximum Gasteiger partial charge on any atom is 0.273 e. The average molecular weight is 329 g/mol. The summed E-state index contributed by atoms with van der Waals surface area (Å²) in [4.78, 5) is 40.3. The first-order valence-corrected chi connectivity index (χ1v) is 8.16. The zero-order chi connectivity index (χ0) is 16.8. The summed E-state index contributed by atoms with van der Waals surface area (Å²) in [6.07, 6.45) is 3.19. The standard InChI is InChI=1S/C16H19N5O3/c1-8-9(2)17-7-18-13(8)16(23)21-5-11-12(6-21)24-20-14(11)15(22)19-10-3-4-10/h7,10-12H,3-6H2,1-2H3,(H,19,22)/t11-,12+/m0/s1. The number of nitrogens with one attached hydrogen (secondary N) is 1. The number of nitrogens with zero attached hydrogens (tertiary/aromatic N) is 4. The third kappa shape index (κ3) is 2.51. The van der Waals surface area contributed by atoms with E-state index in [1.807, 2.05) is 13.8 Å². The second kappa shape index (κ2) is 5.54. The molecule has 0 spiro atoms. The first-order chi connectivity index (χ1) is 11.5. The summed E-state index contributed by atoms with van der Waals surface area (Å²) in [7, 11) is 0. The van der Waals surface area contributed by atoms with Crippen LogP contribution in [0.25, 0.3) is 0 Å². The summed E-state index contributed by atoms with van der Waals surface area (Å²) in [5.41, 5.74) is 2.37. The Kier molecular flexibility index (Phi) is 3.47. The van der Waals surface area contributed by atoms with E-state index in [2.05, 4.69) is 20.4 Å². The minimum absolute atomic E-state index is 0.155. The predicted molar refractivity (Wildman–Crippen MR) is 84.4 cm³/mol. The van der Waals surface area contributed by atoms with E-state index in [1.54, 1.807) is 4.90 Å². The van der Waals surface area contributed by atoms with E-state index in [0.717, 1.165) is 24.1 Å². The van der Waals surface area contributed by atoms with Crippen molar-refractivity contribution in [1.29, 1.82) is 0 Å². The largest absolute Gasteiger partial charge is 0.389 e. The molecule has 1 aliphatic carbocycles. The lowest BCUT2D eigenvalue weighted by molar-refractivity contribution is -0.115. The lowest BCUT2D eigenvalue weighted by Crippen LogP contribution is -2.38. The highest BCUT2D eigenvalue weighted by molar-refractivity contribution is 6.40. The number of aromatic nitrogens is 2. The van der Waals surface area contributed by atoms with Crippen LogP contribution in [-0.4, -0.2) is 57.6 Å². The maximum absolute atomic E-state index is 12.8. The minimum Gasteiger partial charge on any atom is -0.389 e. The Bertz CT molecular complexity index is 743. The molecule has 8 nitrogen and oxygen atoms in total. The van der Waals surface area contributed by atoms with Crippen LogP contribution in [0.3, 0.4) is 0 Å². The molecule has 0 aromatic carbocycles. The van der Waals surface area contributed by atoms with Crippen LogP contribution in [0.2, 0.25) is 0 Å². The maximum atomic E-state index is 12.8. The molecule has 4 rings (SSSR count). The first-order valence-electron chi connectivity index (χ1n) is 8.16. The number of likely N-dealkylation sites (tertiary alicyclic amines) is 1. The van der Waals surface area contributed by atoms with Gasteiger partial charge in [0.1, 0.15) is 12.0 Å². The van der Waals surface area contributed by atoms with Crippen molar-refractivity contribution in [3.05, 3.63) is 23.3 Å². The monoisotopic (exact) mass is 329 g/mol. The van der Waals surface area contributed by atoms with Crippen molar-refractivity contribution in [3.8, 4) is 0 Å². The second-order valence-corrected chi connectivity index (χ2v) is 6.62. The molecule has 1 saturated heterocycles. The Balaban J connectivity index is 1.48. The van der Waals surface area contributed by atoms with Crippen molar-refractivity contribution in [1.82, 2.24) is 20.2 Å². The fraction of sp³-hybridized carbons (Fsp3) is 0.562.